The van der Waals surface area contributed by atoms with Gasteiger partial charge in [-0.15, -0.1) is 10.2 Å². The number of aryl methyl sites for hydroxylation is 2. The molecule has 0 spiro atoms. The Labute approximate surface area is 201 Å². The molecule has 174 valence electrons. The summed E-state index contributed by atoms with van der Waals surface area (Å²) in [5, 5.41) is 10.9. The fourth-order valence-electron chi connectivity index (χ4n) is 3.45. The largest absolute Gasteiger partial charge is 0.482 e. The molecular formula is C25H24FN5O2S. The van der Waals surface area contributed by atoms with Crippen LogP contribution in [0, 0.1) is 19.7 Å². The van der Waals surface area contributed by atoms with E-state index in [1.165, 1.54) is 28.6 Å². The molecule has 9 heteroatoms. The number of nitrogens with one attached hydrogen (secondary N) is 1. The van der Waals surface area contributed by atoms with Gasteiger partial charge in [0.15, 0.2) is 17.4 Å². The van der Waals surface area contributed by atoms with E-state index in [1.54, 1.807) is 12.1 Å². The van der Waals surface area contributed by atoms with Gasteiger partial charge in [0.05, 0.1) is 0 Å². The summed E-state index contributed by atoms with van der Waals surface area (Å²) in [7, 11) is 0. The van der Waals surface area contributed by atoms with Crippen molar-refractivity contribution in [1.29, 1.82) is 0 Å². The molecule has 34 heavy (non-hydrogen) atoms. The van der Waals surface area contributed by atoms with Crippen molar-refractivity contribution in [3.8, 4) is 5.75 Å². The maximum atomic E-state index is 13.8. The van der Waals surface area contributed by atoms with Crippen LogP contribution in [0.25, 0.3) is 0 Å². The van der Waals surface area contributed by atoms with Crippen LogP contribution in [0.5, 0.6) is 5.75 Å². The molecule has 4 aromatic rings. The van der Waals surface area contributed by atoms with Gasteiger partial charge in [-0.25, -0.2) is 9.07 Å². The number of amides is 1. The highest BCUT2D eigenvalue weighted by molar-refractivity contribution is 8.00. The monoisotopic (exact) mass is 477 g/mol. The lowest BCUT2D eigenvalue weighted by Crippen LogP contribution is -2.21. The van der Waals surface area contributed by atoms with Crippen LogP contribution in [-0.2, 0) is 11.4 Å². The van der Waals surface area contributed by atoms with Crippen LogP contribution < -0.4 is 15.9 Å². The molecule has 7 nitrogen and oxygen atoms in total. The number of hydrogen-bond acceptors (Lipinski definition) is 6. The van der Waals surface area contributed by atoms with E-state index in [1.807, 2.05) is 62.4 Å². The second-order valence-corrected chi connectivity index (χ2v) is 8.83. The number of carbonyl (C=O) groups is 1. The lowest BCUT2D eigenvalue weighted by Gasteiger charge is -2.17. The number of thioether (sulfide) groups is 1. The zero-order valence-corrected chi connectivity index (χ0v) is 19.6. The molecule has 0 aliphatic rings. The number of benzene rings is 3. The number of anilines is 1. The van der Waals surface area contributed by atoms with Crippen molar-refractivity contribution in [3.05, 3.63) is 101 Å². The Hall–Kier alpha value is -3.85. The minimum Gasteiger partial charge on any atom is -0.482 e. The van der Waals surface area contributed by atoms with Gasteiger partial charge >= 0.3 is 0 Å². The molecule has 0 aliphatic heterocycles. The second-order valence-electron chi connectivity index (χ2n) is 7.76. The Bertz CT molecular complexity index is 1280. The quantitative estimate of drug-likeness (QED) is 0.280. The van der Waals surface area contributed by atoms with Gasteiger partial charge in [-0.05, 0) is 54.8 Å². The molecule has 1 unspecified atom stereocenters. The van der Waals surface area contributed by atoms with Crippen LogP contribution in [0.3, 0.4) is 0 Å². The normalized spacial score (nSPS) is 11.7. The molecular weight excluding hydrogens is 453 g/mol. The lowest BCUT2D eigenvalue weighted by atomic mass is 10.1. The smallest absolute Gasteiger partial charge is 0.242 e. The first-order valence-corrected chi connectivity index (χ1v) is 11.5. The molecule has 1 heterocycles. The number of aromatic nitrogens is 3. The van der Waals surface area contributed by atoms with Gasteiger partial charge in [-0.2, -0.15) is 0 Å². The number of hydrogen-bond donors (Lipinski definition) is 2. The molecule has 0 saturated heterocycles. The molecule has 0 fully saturated rings. The fourth-order valence-corrected chi connectivity index (χ4v) is 4.43. The van der Waals surface area contributed by atoms with Gasteiger partial charge in [-0.1, -0.05) is 60.3 Å². The first-order chi connectivity index (χ1) is 16.4. The van der Waals surface area contributed by atoms with Crippen LogP contribution in [0.4, 0.5) is 10.1 Å². The van der Waals surface area contributed by atoms with Gasteiger partial charge < -0.3 is 15.9 Å². The van der Waals surface area contributed by atoms with E-state index in [2.05, 4.69) is 15.5 Å². The highest BCUT2D eigenvalue weighted by Gasteiger charge is 2.26. The number of rotatable bonds is 8. The average Bonchev–Trinajstić information content (AvgIpc) is 3.15. The van der Waals surface area contributed by atoms with Crippen molar-refractivity contribution >= 4 is 23.4 Å². The number of nitrogens with zero attached hydrogens (tertiary/aromatic N) is 3. The summed E-state index contributed by atoms with van der Waals surface area (Å²) in [5.41, 5.74) is 3.62. The third-order valence-corrected chi connectivity index (χ3v) is 6.19. The predicted molar refractivity (Wildman–Crippen MR) is 130 cm³/mol. The summed E-state index contributed by atoms with van der Waals surface area (Å²) in [6, 6.07) is 21.3. The number of carbonyl (C=O) groups excluding carboxylic acids is 1. The van der Waals surface area contributed by atoms with Gasteiger partial charge in [0, 0.05) is 5.69 Å². The summed E-state index contributed by atoms with van der Waals surface area (Å²) >= 11 is 1.17. The van der Waals surface area contributed by atoms with E-state index in [0.717, 1.165) is 22.4 Å². The van der Waals surface area contributed by atoms with Gasteiger partial charge in [0.1, 0.15) is 11.9 Å². The van der Waals surface area contributed by atoms with Crippen molar-refractivity contribution in [2.75, 3.05) is 11.2 Å². The number of ether oxygens (including phenoxy) is 1. The molecule has 0 bridgehead atoms. The average molecular weight is 478 g/mol. The third-order valence-electron chi connectivity index (χ3n) is 4.98. The van der Waals surface area contributed by atoms with E-state index < -0.39 is 11.1 Å². The third kappa shape index (κ3) is 5.55. The molecule has 3 aromatic carbocycles. The van der Waals surface area contributed by atoms with Crippen molar-refractivity contribution in [1.82, 2.24) is 14.9 Å². The predicted octanol–water partition coefficient (Wildman–Crippen LogP) is 4.80. The van der Waals surface area contributed by atoms with Crippen LogP contribution in [0.1, 0.15) is 27.8 Å². The highest BCUT2D eigenvalue weighted by atomic mass is 32.2. The molecule has 0 saturated carbocycles. The molecule has 1 amide bonds. The second kappa shape index (κ2) is 10.4. The number of nitrogen functional groups attached to an aromatic ring is 1. The SMILES string of the molecule is Cc1cc(C)cc(NC(=O)C(Sc2nnc(COc3ccccc3F)n2N)c2ccccc2)c1. The lowest BCUT2D eigenvalue weighted by molar-refractivity contribution is -0.115. The Kier molecular flexibility index (Phi) is 7.12. The fraction of sp³-hybridized carbons (Fsp3) is 0.160. The van der Waals surface area contributed by atoms with Crippen LogP contribution >= 0.6 is 11.8 Å². The topological polar surface area (TPSA) is 95.1 Å². The van der Waals surface area contributed by atoms with E-state index in [4.69, 9.17) is 10.6 Å². The van der Waals surface area contributed by atoms with Crippen molar-refractivity contribution in [2.45, 2.75) is 30.9 Å². The van der Waals surface area contributed by atoms with Gasteiger partial charge in [0.25, 0.3) is 0 Å². The summed E-state index contributed by atoms with van der Waals surface area (Å²) in [6.07, 6.45) is 0. The van der Waals surface area contributed by atoms with E-state index in [-0.39, 0.29) is 18.3 Å². The zero-order chi connectivity index (χ0) is 24.1. The Morgan fingerprint density at radius 1 is 1.06 bits per heavy atom. The van der Waals surface area contributed by atoms with Crippen molar-refractivity contribution in [2.24, 2.45) is 0 Å². The molecule has 1 aromatic heterocycles. The van der Waals surface area contributed by atoms with Crippen LogP contribution in [0.2, 0.25) is 0 Å². The van der Waals surface area contributed by atoms with E-state index in [0.29, 0.717) is 11.0 Å². The number of nitrogens with two attached hydrogens (primary N) is 1. The molecule has 1 atom stereocenters. The standard InChI is InChI=1S/C25H24FN5O2S/c1-16-12-17(2)14-19(13-16)28-24(32)23(18-8-4-3-5-9-18)34-25-30-29-22(31(25)27)15-33-21-11-7-6-10-20(21)26/h3-14,23H,15,27H2,1-2H3,(H,28,32). The first kappa shape index (κ1) is 23.3. The molecule has 4 rings (SSSR count). The minimum atomic E-state index is -0.631. The van der Waals surface area contributed by atoms with E-state index >= 15 is 0 Å². The van der Waals surface area contributed by atoms with Crippen LogP contribution in [0.15, 0.2) is 78.0 Å². The van der Waals surface area contributed by atoms with Gasteiger partial charge in [0.2, 0.25) is 11.1 Å². The van der Waals surface area contributed by atoms with Crippen molar-refractivity contribution in [3.63, 3.8) is 0 Å². The molecule has 0 aliphatic carbocycles. The Morgan fingerprint density at radius 3 is 2.44 bits per heavy atom. The summed E-state index contributed by atoms with van der Waals surface area (Å²) in [5.74, 6) is 5.89. The maximum Gasteiger partial charge on any atom is 0.242 e. The number of para-hydroxylation sites is 1. The highest BCUT2D eigenvalue weighted by Crippen LogP contribution is 2.35. The van der Waals surface area contributed by atoms with Crippen molar-refractivity contribution < 1.29 is 13.9 Å². The van der Waals surface area contributed by atoms with Gasteiger partial charge in [-0.3, -0.25) is 4.79 Å². The Morgan fingerprint density at radius 2 is 1.74 bits per heavy atom. The summed E-state index contributed by atoms with van der Waals surface area (Å²) in [6.45, 7) is 3.89. The van der Waals surface area contributed by atoms with Crippen LogP contribution in [-0.4, -0.2) is 20.8 Å². The molecule has 0 radical (unpaired) electrons. The van der Waals surface area contributed by atoms with E-state index in [9.17, 15) is 9.18 Å². The first-order valence-electron chi connectivity index (χ1n) is 10.6. The summed E-state index contributed by atoms with van der Waals surface area (Å²) in [4.78, 5) is 13.3. The zero-order valence-electron chi connectivity index (χ0n) is 18.7. The molecule has 3 N–H and O–H groups in total. The Balaban J connectivity index is 1.54. The minimum absolute atomic E-state index is 0.0736. The maximum absolute atomic E-state index is 13.8. The number of halogens is 1. The summed E-state index contributed by atoms with van der Waals surface area (Å²) < 4.78 is 20.6.